The lowest BCUT2D eigenvalue weighted by Gasteiger charge is -2.29. The molecule has 0 atom stereocenters. The number of thiocarbonyl (C=S) groups is 1. The normalized spacial score (nSPS) is 18.2. The molecule has 0 unspecified atom stereocenters. The average molecular weight is 438 g/mol. The monoisotopic (exact) mass is 437 g/mol. The van der Waals surface area contributed by atoms with Crippen LogP contribution in [0.4, 0.5) is 15.8 Å². The summed E-state index contributed by atoms with van der Waals surface area (Å²) in [6.45, 7) is 5.56. The van der Waals surface area contributed by atoms with Crippen molar-refractivity contribution in [2.45, 2.75) is 33.1 Å². The van der Waals surface area contributed by atoms with Gasteiger partial charge in [0.25, 0.3) is 11.8 Å². The second kappa shape index (κ2) is 8.59. The molecule has 0 aromatic heterocycles. The minimum Gasteiger partial charge on any atom is -0.369 e. The Morgan fingerprint density at radius 3 is 2.45 bits per heavy atom. The summed E-state index contributed by atoms with van der Waals surface area (Å²) < 4.78 is 14.8. The van der Waals surface area contributed by atoms with Gasteiger partial charge in [-0.2, -0.15) is 0 Å². The highest BCUT2D eigenvalue weighted by molar-refractivity contribution is 7.80. The first kappa shape index (κ1) is 21.2. The minimum atomic E-state index is -0.583. The molecule has 0 spiro atoms. The SMILES string of the molecule is CCc1ccc(N2C(=O)/C(=C/c3cc(F)c(N4CCCC4)cc3C)C(=O)NC2=S)cc1. The van der Waals surface area contributed by atoms with Crippen LogP contribution in [0.5, 0.6) is 0 Å². The number of amides is 2. The first-order valence-electron chi connectivity index (χ1n) is 10.4. The molecule has 2 aliphatic rings. The van der Waals surface area contributed by atoms with Gasteiger partial charge in [-0.1, -0.05) is 19.1 Å². The third-order valence-corrected chi connectivity index (χ3v) is 6.07. The molecule has 4 rings (SSSR count). The van der Waals surface area contributed by atoms with Gasteiger partial charge < -0.3 is 4.90 Å². The Morgan fingerprint density at radius 2 is 1.81 bits per heavy atom. The lowest BCUT2D eigenvalue weighted by molar-refractivity contribution is -0.122. The number of carbonyl (C=O) groups is 2. The molecule has 0 bridgehead atoms. The summed E-state index contributed by atoms with van der Waals surface area (Å²) in [4.78, 5) is 29.1. The van der Waals surface area contributed by atoms with Gasteiger partial charge >= 0.3 is 0 Å². The highest BCUT2D eigenvalue weighted by Gasteiger charge is 2.34. The first-order chi connectivity index (χ1) is 14.9. The third kappa shape index (κ3) is 4.10. The maximum Gasteiger partial charge on any atom is 0.270 e. The van der Waals surface area contributed by atoms with E-state index >= 15 is 0 Å². The Bertz CT molecular complexity index is 1090. The fourth-order valence-electron chi connectivity index (χ4n) is 3.97. The first-order valence-corrected chi connectivity index (χ1v) is 10.9. The van der Waals surface area contributed by atoms with Crippen LogP contribution < -0.4 is 15.1 Å². The molecule has 31 heavy (non-hydrogen) atoms. The van der Waals surface area contributed by atoms with Crippen molar-refractivity contribution in [3.8, 4) is 0 Å². The van der Waals surface area contributed by atoms with E-state index in [0.29, 0.717) is 16.9 Å². The van der Waals surface area contributed by atoms with Gasteiger partial charge in [-0.3, -0.25) is 19.8 Å². The Balaban J connectivity index is 1.69. The average Bonchev–Trinajstić information content (AvgIpc) is 3.28. The molecule has 5 nitrogen and oxygen atoms in total. The number of nitrogens with zero attached hydrogens (tertiary/aromatic N) is 2. The van der Waals surface area contributed by atoms with Gasteiger partial charge in [0.15, 0.2) is 5.11 Å². The van der Waals surface area contributed by atoms with E-state index in [9.17, 15) is 14.0 Å². The van der Waals surface area contributed by atoms with Gasteiger partial charge in [0.2, 0.25) is 0 Å². The van der Waals surface area contributed by atoms with Gasteiger partial charge in [0.1, 0.15) is 11.4 Å². The zero-order valence-corrected chi connectivity index (χ0v) is 18.4. The van der Waals surface area contributed by atoms with Crippen molar-refractivity contribution in [3.05, 3.63) is 64.5 Å². The standard InChI is InChI=1S/C24H24FN3O2S/c1-3-16-6-8-18(9-7-16)28-23(30)19(22(29)26-24(28)31)13-17-14-20(25)21(12-15(17)2)27-10-4-5-11-27/h6-9,12-14H,3-5,10-11H2,1-2H3,(H,26,29,31)/b19-13+. The maximum atomic E-state index is 14.8. The van der Waals surface area contributed by atoms with E-state index < -0.39 is 11.8 Å². The topological polar surface area (TPSA) is 52.7 Å². The number of anilines is 2. The quantitative estimate of drug-likeness (QED) is 0.444. The molecule has 7 heteroatoms. The minimum absolute atomic E-state index is 0.0312. The Hall–Kier alpha value is -3.06. The van der Waals surface area contributed by atoms with Crippen molar-refractivity contribution in [1.82, 2.24) is 5.32 Å². The molecule has 2 aliphatic heterocycles. The zero-order valence-electron chi connectivity index (χ0n) is 17.6. The summed E-state index contributed by atoms with van der Waals surface area (Å²) in [7, 11) is 0. The molecule has 2 heterocycles. The number of nitrogens with one attached hydrogen (secondary N) is 1. The number of aryl methyl sites for hydroxylation is 2. The van der Waals surface area contributed by atoms with Crippen molar-refractivity contribution in [1.29, 1.82) is 0 Å². The lowest BCUT2D eigenvalue weighted by Crippen LogP contribution is -2.54. The summed E-state index contributed by atoms with van der Waals surface area (Å²) in [5.74, 6) is -1.47. The molecule has 2 aromatic rings. The van der Waals surface area contributed by atoms with Gasteiger partial charge in [-0.15, -0.1) is 0 Å². The largest absolute Gasteiger partial charge is 0.369 e. The van der Waals surface area contributed by atoms with Crippen molar-refractivity contribution < 1.29 is 14.0 Å². The van der Waals surface area contributed by atoms with Crippen molar-refractivity contribution in [2.24, 2.45) is 0 Å². The van der Waals surface area contributed by atoms with E-state index in [-0.39, 0.29) is 16.5 Å². The van der Waals surface area contributed by atoms with Crippen LogP contribution in [0.1, 0.15) is 36.5 Å². The predicted molar refractivity (Wildman–Crippen MR) is 125 cm³/mol. The molecular formula is C24H24FN3O2S. The number of hydrogen-bond acceptors (Lipinski definition) is 4. The molecule has 1 N–H and O–H groups in total. The van der Waals surface area contributed by atoms with Crippen molar-refractivity contribution in [2.75, 3.05) is 22.9 Å². The lowest BCUT2D eigenvalue weighted by atomic mass is 10.0. The number of halogens is 1. The van der Waals surface area contributed by atoms with Crippen LogP contribution in [0.25, 0.3) is 6.08 Å². The van der Waals surface area contributed by atoms with E-state index in [2.05, 4.69) is 5.32 Å². The predicted octanol–water partition coefficient (Wildman–Crippen LogP) is 4.13. The van der Waals surface area contributed by atoms with E-state index in [1.165, 1.54) is 17.0 Å². The molecule has 2 fully saturated rings. The highest BCUT2D eigenvalue weighted by Crippen LogP contribution is 2.29. The van der Waals surface area contributed by atoms with Crippen LogP contribution in [0.2, 0.25) is 0 Å². The van der Waals surface area contributed by atoms with E-state index in [1.807, 2.05) is 30.9 Å². The molecule has 0 radical (unpaired) electrons. The summed E-state index contributed by atoms with van der Waals surface area (Å²) in [6.07, 6.45) is 4.42. The van der Waals surface area contributed by atoms with Crippen LogP contribution in [-0.2, 0) is 16.0 Å². The van der Waals surface area contributed by atoms with E-state index in [1.54, 1.807) is 18.2 Å². The molecule has 2 aromatic carbocycles. The van der Waals surface area contributed by atoms with Gasteiger partial charge in [0.05, 0.1) is 11.4 Å². The summed E-state index contributed by atoms with van der Waals surface area (Å²) in [6, 6.07) is 10.6. The molecule has 160 valence electrons. The Kier molecular flexibility index (Phi) is 5.87. The number of rotatable bonds is 4. The Labute approximate surface area is 186 Å². The maximum absolute atomic E-state index is 14.8. The smallest absolute Gasteiger partial charge is 0.270 e. The fraction of sp³-hybridized carbons (Fsp3) is 0.292. The summed E-state index contributed by atoms with van der Waals surface area (Å²) in [5.41, 5.74) is 3.48. The number of carbonyl (C=O) groups excluding carboxylic acids is 2. The van der Waals surface area contributed by atoms with Crippen LogP contribution in [0, 0.1) is 12.7 Å². The summed E-state index contributed by atoms with van der Waals surface area (Å²) in [5, 5.41) is 2.61. The van der Waals surface area contributed by atoms with E-state index in [0.717, 1.165) is 43.5 Å². The van der Waals surface area contributed by atoms with E-state index in [4.69, 9.17) is 12.2 Å². The highest BCUT2D eigenvalue weighted by atomic mass is 32.1. The van der Waals surface area contributed by atoms with Crippen LogP contribution in [-0.4, -0.2) is 30.0 Å². The van der Waals surface area contributed by atoms with Gasteiger partial charge in [-0.05, 0) is 85.4 Å². The number of hydrogen-bond donors (Lipinski definition) is 1. The van der Waals surface area contributed by atoms with Crippen LogP contribution in [0.15, 0.2) is 42.0 Å². The summed E-state index contributed by atoms with van der Waals surface area (Å²) >= 11 is 5.25. The third-order valence-electron chi connectivity index (χ3n) is 5.79. The van der Waals surface area contributed by atoms with Crippen LogP contribution in [0.3, 0.4) is 0 Å². The number of benzene rings is 2. The molecule has 2 saturated heterocycles. The second-order valence-electron chi connectivity index (χ2n) is 7.83. The molecule has 0 aliphatic carbocycles. The van der Waals surface area contributed by atoms with Gasteiger partial charge in [-0.25, -0.2) is 4.39 Å². The van der Waals surface area contributed by atoms with Crippen LogP contribution >= 0.6 is 12.2 Å². The van der Waals surface area contributed by atoms with Crippen molar-refractivity contribution in [3.63, 3.8) is 0 Å². The second-order valence-corrected chi connectivity index (χ2v) is 8.22. The molecule has 2 amide bonds. The zero-order chi connectivity index (χ0) is 22.1. The van der Waals surface area contributed by atoms with Gasteiger partial charge in [0, 0.05) is 13.1 Å². The molecule has 0 saturated carbocycles. The van der Waals surface area contributed by atoms with Crippen molar-refractivity contribution >= 4 is 46.6 Å². The Morgan fingerprint density at radius 1 is 1.13 bits per heavy atom. The fourth-order valence-corrected chi connectivity index (χ4v) is 4.25. The molecular weight excluding hydrogens is 413 g/mol.